The molecule has 1 aromatic heterocycles. The Labute approximate surface area is 86.8 Å². The van der Waals surface area contributed by atoms with Crippen molar-refractivity contribution < 1.29 is 14.3 Å². The first-order valence-corrected chi connectivity index (χ1v) is 4.43. The molecule has 0 unspecified atom stereocenters. The van der Waals surface area contributed by atoms with E-state index in [1.807, 2.05) is 0 Å². The predicted octanol–water partition coefficient (Wildman–Crippen LogP) is -0.214. The van der Waals surface area contributed by atoms with Crippen molar-refractivity contribution in [3.8, 4) is 0 Å². The fourth-order valence-electron chi connectivity index (χ4n) is 1.35. The van der Waals surface area contributed by atoms with Gasteiger partial charge in [0.05, 0.1) is 12.2 Å². The summed E-state index contributed by atoms with van der Waals surface area (Å²) in [6.45, 7) is 3.55. The Balaban J connectivity index is 3.17. The monoisotopic (exact) mass is 211 g/mol. The molecular formula is C9H13N3O3. The number of primary amides is 1. The summed E-state index contributed by atoms with van der Waals surface area (Å²) in [6.07, 6.45) is 1.33. The van der Waals surface area contributed by atoms with Crippen LogP contribution in [-0.4, -0.2) is 23.2 Å². The third kappa shape index (κ3) is 1.93. The Kier molecular flexibility index (Phi) is 2.99. The molecule has 0 aliphatic rings. The number of hydrogen-bond donors (Lipinski definition) is 2. The molecule has 0 radical (unpaired) electrons. The SMILES string of the molecule is CCOC(=O)c1cn(N)c(C(N)=O)c1C. The number of esters is 1. The lowest BCUT2D eigenvalue weighted by Gasteiger charge is -2.00. The van der Waals surface area contributed by atoms with Gasteiger partial charge in [0.15, 0.2) is 0 Å². The molecule has 1 rings (SSSR count). The molecule has 0 aliphatic carbocycles. The van der Waals surface area contributed by atoms with Crippen molar-refractivity contribution >= 4 is 11.9 Å². The van der Waals surface area contributed by atoms with Crippen molar-refractivity contribution in [2.24, 2.45) is 5.73 Å². The largest absolute Gasteiger partial charge is 0.462 e. The first-order chi connectivity index (χ1) is 6.99. The van der Waals surface area contributed by atoms with Crippen LogP contribution in [0.5, 0.6) is 0 Å². The van der Waals surface area contributed by atoms with Gasteiger partial charge in [0.1, 0.15) is 5.69 Å². The number of ether oxygens (including phenoxy) is 1. The van der Waals surface area contributed by atoms with Gasteiger partial charge in [0, 0.05) is 6.20 Å². The molecule has 1 heterocycles. The van der Waals surface area contributed by atoms with E-state index in [2.05, 4.69) is 0 Å². The van der Waals surface area contributed by atoms with Gasteiger partial charge < -0.3 is 16.3 Å². The molecule has 1 amide bonds. The first-order valence-electron chi connectivity index (χ1n) is 4.43. The van der Waals surface area contributed by atoms with Crippen molar-refractivity contribution in [3.05, 3.63) is 23.0 Å². The van der Waals surface area contributed by atoms with E-state index in [0.29, 0.717) is 5.56 Å². The zero-order valence-electron chi connectivity index (χ0n) is 8.61. The molecule has 6 heteroatoms. The van der Waals surface area contributed by atoms with Crippen LogP contribution in [-0.2, 0) is 4.74 Å². The van der Waals surface area contributed by atoms with Crippen LogP contribution in [0.25, 0.3) is 0 Å². The summed E-state index contributed by atoms with van der Waals surface area (Å²) in [5.74, 6) is 4.30. The molecule has 0 bridgehead atoms. The summed E-state index contributed by atoms with van der Waals surface area (Å²) in [7, 11) is 0. The van der Waals surface area contributed by atoms with Crippen LogP contribution >= 0.6 is 0 Å². The minimum Gasteiger partial charge on any atom is -0.462 e. The van der Waals surface area contributed by atoms with Gasteiger partial charge in [-0.25, -0.2) is 4.79 Å². The highest BCUT2D eigenvalue weighted by Gasteiger charge is 2.20. The fourth-order valence-corrected chi connectivity index (χ4v) is 1.35. The van der Waals surface area contributed by atoms with Gasteiger partial charge in [-0.3, -0.25) is 9.47 Å². The summed E-state index contributed by atoms with van der Waals surface area (Å²) in [6, 6.07) is 0. The Morgan fingerprint density at radius 3 is 2.53 bits per heavy atom. The second kappa shape index (κ2) is 4.04. The van der Waals surface area contributed by atoms with Crippen molar-refractivity contribution in [1.29, 1.82) is 0 Å². The number of aromatic nitrogens is 1. The van der Waals surface area contributed by atoms with Crippen LogP contribution in [0.4, 0.5) is 0 Å². The number of nitrogens with zero attached hydrogens (tertiary/aromatic N) is 1. The van der Waals surface area contributed by atoms with Gasteiger partial charge in [0.25, 0.3) is 5.91 Å². The number of hydrogen-bond acceptors (Lipinski definition) is 4. The van der Waals surface area contributed by atoms with E-state index < -0.39 is 11.9 Å². The van der Waals surface area contributed by atoms with Crippen LogP contribution in [0.3, 0.4) is 0 Å². The Morgan fingerprint density at radius 1 is 1.53 bits per heavy atom. The molecule has 0 aliphatic heterocycles. The Hall–Kier alpha value is -1.98. The summed E-state index contributed by atoms with van der Waals surface area (Å²) in [5.41, 5.74) is 5.91. The van der Waals surface area contributed by atoms with Crippen LogP contribution in [0, 0.1) is 6.92 Å². The van der Waals surface area contributed by atoms with E-state index in [-0.39, 0.29) is 17.9 Å². The molecule has 0 spiro atoms. The van der Waals surface area contributed by atoms with Gasteiger partial charge in [-0.15, -0.1) is 0 Å². The van der Waals surface area contributed by atoms with Gasteiger partial charge in [-0.2, -0.15) is 0 Å². The predicted molar refractivity (Wildman–Crippen MR) is 53.8 cm³/mol. The quantitative estimate of drug-likeness (QED) is 0.533. The molecule has 6 nitrogen and oxygen atoms in total. The van der Waals surface area contributed by atoms with Crippen molar-refractivity contribution in [2.75, 3.05) is 12.4 Å². The zero-order valence-corrected chi connectivity index (χ0v) is 8.61. The average Bonchev–Trinajstić information content (AvgIpc) is 2.42. The molecule has 0 saturated carbocycles. The van der Waals surface area contributed by atoms with Crippen LogP contribution < -0.4 is 11.6 Å². The highest BCUT2D eigenvalue weighted by atomic mass is 16.5. The summed E-state index contributed by atoms with van der Waals surface area (Å²) >= 11 is 0. The molecular weight excluding hydrogens is 198 g/mol. The topological polar surface area (TPSA) is 100 Å². The zero-order chi connectivity index (χ0) is 11.6. The van der Waals surface area contributed by atoms with E-state index in [0.717, 1.165) is 4.68 Å². The van der Waals surface area contributed by atoms with Gasteiger partial charge in [-0.1, -0.05) is 0 Å². The van der Waals surface area contributed by atoms with E-state index >= 15 is 0 Å². The number of carbonyl (C=O) groups excluding carboxylic acids is 2. The molecule has 0 aromatic carbocycles. The summed E-state index contributed by atoms with van der Waals surface area (Å²) < 4.78 is 5.83. The number of nitrogen functional groups attached to an aromatic ring is 1. The first kappa shape index (κ1) is 11.1. The van der Waals surface area contributed by atoms with Crippen LogP contribution in [0.2, 0.25) is 0 Å². The van der Waals surface area contributed by atoms with Crippen molar-refractivity contribution in [1.82, 2.24) is 4.68 Å². The van der Waals surface area contributed by atoms with E-state index in [1.165, 1.54) is 6.20 Å². The maximum Gasteiger partial charge on any atom is 0.340 e. The highest BCUT2D eigenvalue weighted by Crippen LogP contribution is 2.15. The number of amides is 1. The molecule has 4 N–H and O–H groups in total. The Morgan fingerprint density at radius 2 is 2.13 bits per heavy atom. The number of nitrogens with two attached hydrogens (primary N) is 2. The average molecular weight is 211 g/mol. The number of rotatable bonds is 3. The second-order valence-electron chi connectivity index (χ2n) is 3.01. The normalized spacial score (nSPS) is 10.0. The fraction of sp³-hybridized carbons (Fsp3) is 0.333. The third-order valence-electron chi connectivity index (χ3n) is 2.01. The highest BCUT2D eigenvalue weighted by molar-refractivity contribution is 5.99. The minimum absolute atomic E-state index is 0.109. The van der Waals surface area contributed by atoms with Gasteiger partial charge in [-0.05, 0) is 19.4 Å². The van der Waals surface area contributed by atoms with Gasteiger partial charge >= 0.3 is 5.97 Å². The molecule has 0 saturated heterocycles. The van der Waals surface area contributed by atoms with Gasteiger partial charge in [0.2, 0.25) is 0 Å². The maximum absolute atomic E-state index is 11.4. The molecule has 15 heavy (non-hydrogen) atoms. The van der Waals surface area contributed by atoms with E-state index in [4.69, 9.17) is 16.3 Å². The molecule has 1 aromatic rings. The summed E-state index contributed by atoms with van der Waals surface area (Å²) in [5, 5.41) is 0. The minimum atomic E-state index is -0.675. The van der Waals surface area contributed by atoms with Crippen molar-refractivity contribution in [3.63, 3.8) is 0 Å². The molecule has 82 valence electrons. The van der Waals surface area contributed by atoms with Crippen molar-refractivity contribution in [2.45, 2.75) is 13.8 Å². The lowest BCUT2D eigenvalue weighted by Crippen LogP contribution is -2.21. The van der Waals surface area contributed by atoms with E-state index in [9.17, 15) is 9.59 Å². The number of carbonyl (C=O) groups is 2. The molecule has 0 fully saturated rings. The second-order valence-corrected chi connectivity index (χ2v) is 3.01. The van der Waals surface area contributed by atoms with Crippen LogP contribution in [0.15, 0.2) is 6.20 Å². The smallest absolute Gasteiger partial charge is 0.340 e. The van der Waals surface area contributed by atoms with E-state index in [1.54, 1.807) is 13.8 Å². The molecule has 0 atom stereocenters. The standard InChI is InChI=1S/C9H13N3O3/c1-3-15-9(14)6-4-12(11)7(5(6)2)8(10)13/h4H,3,11H2,1-2H3,(H2,10,13). The maximum atomic E-state index is 11.4. The third-order valence-corrected chi connectivity index (χ3v) is 2.01. The lowest BCUT2D eigenvalue weighted by atomic mass is 10.1. The van der Waals surface area contributed by atoms with Crippen LogP contribution in [0.1, 0.15) is 33.3 Å². The Bertz CT molecular complexity index is 409. The summed E-state index contributed by atoms with van der Waals surface area (Å²) in [4.78, 5) is 22.4. The lowest BCUT2D eigenvalue weighted by molar-refractivity contribution is 0.0525.